The lowest BCUT2D eigenvalue weighted by Crippen LogP contribution is -2.57. The normalized spacial score (nSPS) is 52.1. The minimum absolute atomic E-state index is 0.000487. The first-order chi connectivity index (χ1) is 11.3. The molecule has 8 atom stereocenters. The summed E-state index contributed by atoms with van der Waals surface area (Å²) in [6, 6.07) is 0. The molecule has 134 valence electrons. The van der Waals surface area contributed by atoms with Gasteiger partial charge in [-0.15, -0.1) is 0 Å². The van der Waals surface area contributed by atoms with E-state index in [1.807, 2.05) is 13.0 Å². The topological polar surface area (TPSA) is 57.5 Å². The van der Waals surface area contributed by atoms with Gasteiger partial charge in [-0.3, -0.25) is 4.79 Å². The molecule has 0 spiro atoms. The van der Waals surface area contributed by atoms with Gasteiger partial charge in [-0.2, -0.15) is 0 Å². The number of aliphatic hydroxyl groups is 2. The molecule has 0 aromatic heterocycles. The van der Waals surface area contributed by atoms with E-state index in [4.69, 9.17) is 0 Å². The quantitative estimate of drug-likeness (QED) is 0.773. The zero-order chi connectivity index (χ0) is 17.3. The molecule has 4 aliphatic carbocycles. The number of hydrogen-bond donors (Lipinski definition) is 2. The summed E-state index contributed by atoms with van der Waals surface area (Å²) in [6.07, 6.45) is 8.04. The number of carbonyl (C=O) groups excluding carboxylic acids is 1. The summed E-state index contributed by atoms with van der Waals surface area (Å²) in [4.78, 5) is 11.9. The van der Waals surface area contributed by atoms with Gasteiger partial charge in [0.1, 0.15) is 0 Å². The molecule has 0 radical (unpaired) electrons. The Labute approximate surface area is 145 Å². The van der Waals surface area contributed by atoms with Gasteiger partial charge in [-0.1, -0.05) is 19.4 Å². The highest BCUT2D eigenvalue weighted by Gasteiger charge is 2.62. The minimum Gasteiger partial charge on any atom is -0.393 e. The molecule has 0 bridgehead atoms. The fourth-order valence-corrected chi connectivity index (χ4v) is 7.52. The first-order valence-electron chi connectivity index (χ1n) is 9.87. The van der Waals surface area contributed by atoms with Crippen LogP contribution in [0.25, 0.3) is 0 Å². The van der Waals surface area contributed by atoms with Crippen LogP contribution in [-0.2, 0) is 4.79 Å². The second-order valence-corrected chi connectivity index (χ2v) is 9.59. The minimum atomic E-state index is -0.308. The third kappa shape index (κ3) is 2.13. The Morgan fingerprint density at radius 3 is 2.67 bits per heavy atom. The molecule has 0 unspecified atom stereocenters. The monoisotopic (exact) mass is 332 g/mol. The van der Waals surface area contributed by atoms with Gasteiger partial charge in [0.25, 0.3) is 0 Å². The van der Waals surface area contributed by atoms with Crippen molar-refractivity contribution in [3.05, 3.63) is 11.6 Å². The maximum atomic E-state index is 11.9. The van der Waals surface area contributed by atoms with Crippen molar-refractivity contribution >= 4 is 5.78 Å². The smallest absolute Gasteiger partial charge is 0.155 e. The van der Waals surface area contributed by atoms with Crippen molar-refractivity contribution in [3.8, 4) is 0 Å². The Bertz CT molecular complexity index is 580. The van der Waals surface area contributed by atoms with E-state index in [2.05, 4.69) is 13.8 Å². The largest absolute Gasteiger partial charge is 0.393 e. The zero-order valence-corrected chi connectivity index (χ0v) is 15.3. The summed E-state index contributed by atoms with van der Waals surface area (Å²) in [5.41, 5.74) is 1.37. The molecule has 0 heterocycles. The molecule has 0 aromatic rings. The molecule has 3 nitrogen and oxygen atoms in total. The SMILES string of the molecule is C[C@H](O)[C@@H]1CC[C@@H]2[C@H]3CCC4=CC(=O)CC[C@]4(C)[C@@H]3[C@@H](O)C[C@@]21C. The number of allylic oxidation sites excluding steroid dienone is 1. The van der Waals surface area contributed by atoms with Gasteiger partial charge in [-0.25, -0.2) is 0 Å². The van der Waals surface area contributed by atoms with Gasteiger partial charge < -0.3 is 10.2 Å². The van der Waals surface area contributed by atoms with E-state index in [-0.39, 0.29) is 34.7 Å². The summed E-state index contributed by atoms with van der Waals surface area (Å²) in [7, 11) is 0. The summed E-state index contributed by atoms with van der Waals surface area (Å²) in [5.74, 6) is 2.03. The zero-order valence-electron chi connectivity index (χ0n) is 15.3. The molecule has 24 heavy (non-hydrogen) atoms. The van der Waals surface area contributed by atoms with E-state index in [0.717, 1.165) is 32.1 Å². The highest BCUT2D eigenvalue weighted by atomic mass is 16.3. The lowest BCUT2D eigenvalue weighted by Gasteiger charge is -2.60. The van der Waals surface area contributed by atoms with Crippen LogP contribution >= 0.6 is 0 Å². The van der Waals surface area contributed by atoms with Crippen molar-refractivity contribution in [1.29, 1.82) is 0 Å². The Morgan fingerprint density at radius 1 is 1.21 bits per heavy atom. The molecule has 3 saturated carbocycles. The van der Waals surface area contributed by atoms with Gasteiger partial charge in [0.2, 0.25) is 0 Å². The van der Waals surface area contributed by atoms with Crippen LogP contribution in [-0.4, -0.2) is 28.2 Å². The fraction of sp³-hybridized carbons (Fsp3) is 0.857. The Balaban J connectivity index is 1.71. The molecule has 0 amide bonds. The van der Waals surface area contributed by atoms with Crippen molar-refractivity contribution in [2.75, 3.05) is 0 Å². The number of fused-ring (bicyclic) bond motifs is 5. The molecule has 0 aromatic carbocycles. The first kappa shape index (κ1) is 16.8. The maximum absolute atomic E-state index is 11.9. The summed E-state index contributed by atoms with van der Waals surface area (Å²) < 4.78 is 0. The van der Waals surface area contributed by atoms with Crippen LogP contribution in [0.4, 0.5) is 0 Å². The Hall–Kier alpha value is -0.670. The molecule has 0 saturated heterocycles. The van der Waals surface area contributed by atoms with Crippen molar-refractivity contribution in [1.82, 2.24) is 0 Å². The highest BCUT2D eigenvalue weighted by molar-refractivity contribution is 5.91. The average molecular weight is 332 g/mol. The molecule has 3 fully saturated rings. The van der Waals surface area contributed by atoms with Crippen LogP contribution in [0.15, 0.2) is 11.6 Å². The molecule has 4 rings (SSSR count). The van der Waals surface area contributed by atoms with Crippen molar-refractivity contribution in [3.63, 3.8) is 0 Å². The third-order valence-electron chi connectivity index (χ3n) is 8.55. The van der Waals surface area contributed by atoms with Crippen LogP contribution in [0.1, 0.15) is 65.7 Å². The number of rotatable bonds is 1. The van der Waals surface area contributed by atoms with E-state index < -0.39 is 0 Å². The van der Waals surface area contributed by atoms with Crippen molar-refractivity contribution in [2.45, 2.75) is 77.9 Å². The van der Waals surface area contributed by atoms with Crippen LogP contribution < -0.4 is 0 Å². The molecule has 4 aliphatic rings. The number of aliphatic hydroxyl groups excluding tert-OH is 2. The standard InChI is InChI=1S/C21H32O3/c1-12(22)16-6-7-17-15-5-4-13-10-14(23)8-9-20(13,2)19(15)18(24)11-21(16,17)3/h10,12,15-19,22,24H,4-9,11H2,1-3H3/t12-,15+,16-,17+,18-,19-,20-,21+/m0/s1. The Morgan fingerprint density at radius 2 is 1.96 bits per heavy atom. The predicted octanol–water partition coefficient (Wildman–Crippen LogP) is 3.49. The number of carbonyl (C=O) groups is 1. The van der Waals surface area contributed by atoms with Gasteiger partial charge in [-0.05, 0) is 86.0 Å². The second kappa shape index (κ2) is 5.41. The van der Waals surface area contributed by atoms with Gasteiger partial charge in [0.05, 0.1) is 12.2 Å². The third-order valence-corrected chi connectivity index (χ3v) is 8.55. The highest BCUT2D eigenvalue weighted by Crippen LogP contribution is 2.66. The maximum Gasteiger partial charge on any atom is 0.155 e. The lowest BCUT2D eigenvalue weighted by atomic mass is 9.46. The fourth-order valence-electron chi connectivity index (χ4n) is 7.52. The molecule has 3 heteroatoms. The van der Waals surface area contributed by atoms with E-state index in [1.54, 1.807) is 0 Å². The summed E-state index contributed by atoms with van der Waals surface area (Å²) >= 11 is 0. The first-order valence-corrected chi connectivity index (χ1v) is 9.87. The molecular weight excluding hydrogens is 300 g/mol. The van der Waals surface area contributed by atoms with Crippen LogP contribution in [0.3, 0.4) is 0 Å². The molecular formula is C21H32O3. The summed E-state index contributed by atoms with van der Waals surface area (Å²) in [5, 5.41) is 21.5. The average Bonchev–Trinajstić information content (AvgIpc) is 2.84. The van der Waals surface area contributed by atoms with Gasteiger partial charge >= 0.3 is 0 Å². The van der Waals surface area contributed by atoms with Gasteiger partial charge in [0.15, 0.2) is 5.78 Å². The van der Waals surface area contributed by atoms with E-state index >= 15 is 0 Å². The Kier molecular flexibility index (Phi) is 3.78. The van der Waals surface area contributed by atoms with Crippen LogP contribution in [0, 0.1) is 34.5 Å². The second-order valence-electron chi connectivity index (χ2n) is 9.59. The molecule has 2 N–H and O–H groups in total. The summed E-state index contributed by atoms with van der Waals surface area (Å²) in [6.45, 7) is 6.54. The van der Waals surface area contributed by atoms with Crippen LogP contribution in [0.2, 0.25) is 0 Å². The van der Waals surface area contributed by atoms with Crippen LogP contribution in [0.5, 0.6) is 0 Å². The van der Waals surface area contributed by atoms with E-state index in [9.17, 15) is 15.0 Å². The lowest BCUT2D eigenvalue weighted by molar-refractivity contribution is -0.140. The van der Waals surface area contributed by atoms with Gasteiger partial charge in [0, 0.05) is 6.42 Å². The van der Waals surface area contributed by atoms with E-state index in [1.165, 1.54) is 12.0 Å². The number of hydrogen-bond acceptors (Lipinski definition) is 3. The van der Waals surface area contributed by atoms with E-state index in [0.29, 0.717) is 24.2 Å². The number of ketones is 1. The van der Waals surface area contributed by atoms with Crippen molar-refractivity contribution in [2.24, 2.45) is 34.5 Å². The van der Waals surface area contributed by atoms with Crippen molar-refractivity contribution < 1.29 is 15.0 Å². The predicted molar refractivity (Wildman–Crippen MR) is 93.3 cm³/mol. The molecule has 0 aliphatic heterocycles.